The number of benzene rings is 1. The average Bonchev–Trinajstić information content (AvgIpc) is 3.09. The third-order valence-electron chi connectivity index (χ3n) is 3.62. The van der Waals surface area contributed by atoms with Gasteiger partial charge in [0.15, 0.2) is 0 Å². The van der Waals surface area contributed by atoms with Crippen LogP contribution in [-0.2, 0) is 12.0 Å². The molecule has 2 aromatic rings. The van der Waals surface area contributed by atoms with Crippen LogP contribution in [-0.4, -0.2) is 17.4 Å². The van der Waals surface area contributed by atoms with Gasteiger partial charge in [0.05, 0.1) is 10.5 Å². The molecule has 118 valence electrons. The molecule has 1 amide bonds. The van der Waals surface area contributed by atoms with Gasteiger partial charge in [0, 0.05) is 16.8 Å². The normalized spacial score (nSPS) is 15.0. The zero-order chi connectivity index (χ0) is 14.9. The maximum atomic E-state index is 12.3. The lowest BCUT2D eigenvalue weighted by Crippen LogP contribution is -2.35. The second-order valence-electron chi connectivity index (χ2n) is 5.21. The van der Waals surface area contributed by atoms with Crippen molar-refractivity contribution in [3.63, 3.8) is 0 Å². The van der Waals surface area contributed by atoms with Crippen LogP contribution in [0.3, 0.4) is 0 Å². The second-order valence-corrected chi connectivity index (χ2v) is 6.59. The Bertz CT molecular complexity index is 670. The molecule has 7 heteroatoms. The first-order chi connectivity index (χ1) is 10.1. The topological polar surface area (TPSA) is 68.0 Å². The summed E-state index contributed by atoms with van der Waals surface area (Å²) in [5.74, 6) is -0.132. The van der Waals surface area contributed by atoms with Gasteiger partial charge in [0.2, 0.25) is 0 Å². The van der Waals surface area contributed by atoms with Gasteiger partial charge in [-0.05, 0) is 37.1 Å². The van der Waals surface area contributed by atoms with Gasteiger partial charge >= 0.3 is 0 Å². The lowest BCUT2D eigenvalue weighted by molar-refractivity contribution is 0.0926. The third kappa shape index (κ3) is 3.60. The number of nitrogens with one attached hydrogen (secondary N) is 1. The molecule has 1 heterocycles. The first-order valence-corrected chi connectivity index (χ1v) is 8.12. The monoisotopic (exact) mass is 357 g/mol. The van der Waals surface area contributed by atoms with Crippen molar-refractivity contribution in [3.8, 4) is 0 Å². The van der Waals surface area contributed by atoms with Crippen LogP contribution >= 0.6 is 35.3 Å². The highest BCUT2D eigenvalue weighted by molar-refractivity contribution is 7.09. The summed E-state index contributed by atoms with van der Waals surface area (Å²) in [5.41, 5.74) is 6.75. The van der Waals surface area contributed by atoms with Crippen LogP contribution in [0.5, 0.6) is 0 Å². The van der Waals surface area contributed by atoms with E-state index in [-0.39, 0.29) is 23.9 Å². The summed E-state index contributed by atoms with van der Waals surface area (Å²) in [6, 6.07) is 7.66. The Labute approximate surface area is 144 Å². The Morgan fingerprint density at radius 3 is 2.86 bits per heavy atom. The highest BCUT2D eigenvalue weighted by Crippen LogP contribution is 2.46. The van der Waals surface area contributed by atoms with Gasteiger partial charge in [0.1, 0.15) is 5.69 Å². The number of nitrogens with zero attached hydrogens (tertiary/aromatic N) is 1. The number of aromatic nitrogens is 1. The Hall–Kier alpha value is -1.14. The first kappa shape index (κ1) is 17.2. The van der Waals surface area contributed by atoms with Gasteiger partial charge in [-0.25, -0.2) is 4.98 Å². The maximum Gasteiger partial charge on any atom is 0.271 e. The van der Waals surface area contributed by atoms with Crippen LogP contribution in [0.4, 0.5) is 0 Å². The number of carbonyl (C=O) groups is 1. The summed E-state index contributed by atoms with van der Waals surface area (Å²) in [6.45, 7) is 0.543. The van der Waals surface area contributed by atoms with E-state index in [1.807, 2.05) is 24.3 Å². The summed E-state index contributed by atoms with van der Waals surface area (Å²) in [5, 5.41) is 6.47. The van der Waals surface area contributed by atoms with Crippen LogP contribution in [0.2, 0.25) is 5.02 Å². The lowest BCUT2D eigenvalue weighted by Gasteiger charge is -2.17. The summed E-state index contributed by atoms with van der Waals surface area (Å²) in [7, 11) is 0. The summed E-state index contributed by atoms with van der Waals surface area (Å²) < 4.78 is 0. The van der Waals surface area contributed by atoms with Crippen molar-refractivity contribution >= 4 is 41.3 Å². The molecule has 0 unspecified atom stereocenters. The van der Waals surface area contributed by atoms with E-state index in [0.717, 1.165) is 23.4 Å². The molecule has 1 saturated carbocycles. The van der Waals surface area contributed by atoms with Crippen LogP contribution in [0.25, 0.3) is 0 Å². The molecule has 0 radical (unpaired) electrons. The molecule has 1 aliphatic rings. The van der Waals surface area contributed by atoms with Crippen molar-refractivity contribution in [1.82, 2.24) is 10.3 Å². The minimum absolute atomic E-state index is 0. The lowest BCUT2D eigenvalue weighted by atomic mass is 10.0. The molecular weight excluding hydrogens is 341 g/mol. The number of halogens is 2. The van der Waals surface area contributed by atoms with E-state index < -0.39 is 0 Å². The number of carbonyl (C=O) groups excluding carboxylic acids is 1. The van der Waals surface area contributed by atoms with Crippen molar-refractivity contribution in [2.75, 3.05) is 6.54 Å². The molecule has 22 heavy (non-hydrogen) atoms. The highest BCUT2D eigenvalue weighted by Gasteiger charge is 2.46. The fourth-order valence-corrected chi connectivity index (χ4v) is 3.32. The minimum Gasteiger partial charge on any atom is -0.341 e. The molecule has 0 saturated heterocycles. The first-order valence-electron chi connectivity index (χ1n) is 6.86. The van der Waals surface area contributed by atoms with E-state index in [2.05, 4.69) is 10.3 Å². The van der Waals surface area contributed by atoms with Gasteiger partial charge in [-0.2, -0.15) is 0 Å². The molecule has 1 aromatic carbocycles. The van der Waals surface area contributed by atoms with Crippen LogP contribution < -0.4 is 11.1 Å². The van der Waals surface area contributed by atoms with Crippen LogP contribution in [0, 0.1) is 0 Å². The Kier molecular flexibility index (Phi) is 5.45. The molecule has 1 aromatic heterocycles. The van der Waals surface area contributed by atoms with Gasteiger partial charge < -0.3 is 11.1 Å². The maximum absolute atomic E-state index is 12.3. The fourth-order valence-electron chi connectivity index (χ4n) is 2.33. The largest absolute Gasteiger partial charge is 0.341 e. The molecule has 0 bridgehead atoms. The number of nitrogens with two attached hydrogens (primary N) is 1. The number of hydrogen-bond donors (Lipinski definition) is 2. The highest BCUT2D eigenvalue weighted by atomic mass is 35.5. The van der Waals surface area contributed by atoms with E-state index in [4.69, 9.17) is 17.3 Å². The van der Waals surface area contributed by atoms with Crippen LogP contribution in [0.15, 0.2) is 29.6 Å². The van der Waals surface area contributed by atoms with Gasteiger partial charge in [-0.3, -0.25) is 4.79 Å². The molecule has 3 rings (SSSR count). The van der Waals surface area contributed by atoms with E-state index in [9.17, 15) is 4.79 Å². The fraction of sp³-hybridized carbons (Fsp3) is 0.333. The quantitative estimate of drug-likeness (QED) is 0.863. The van der Waals surface area contributed by atoms with Crippen molar-refractivity contribution in [3.05, 3.63) is 50.9 Å². The predicted molar refractivity (Wildman–Crippen MR) is 92.0 cm³/mol. The SMILES string of the molecule is Cl.NCCc1nc(C(=O)NC2(c3cccc(Cl)c3)CC2)cs1. The van der Waals surface area contributed by atoms with Crippen molar-refractivity contribution < 1.29 is 4.79 Å². The molecule has 0 aliphatic heterocycles. The van der Waals surface area contributed by atoms with Crippen molar-refractivity contribution in [1.29, 1.82) is 0 Å². The average molecular weight is 358 g/mol. The zero-order valence-electron chi connectivity index (χ0n) is 11.8. The van der Waals surface area contributed by atoms with Crippen molar-refractivity contribution in [2.24, 2.45) is 5.73 Å². The van der Waals surface area contributed by atoms with E-state index in [1.165, 1.54) is 11.3 Å². The summed E-state index contributed by atoms with van der Waals surface area (Å²) >= 11 is 7.51. The Morgan fingerprint density at radius 2 is 2.23 bits per heavy atom. The van der Waals surface area contributed by atoms with Crippen molar-refractivity contribution in [2.45, 2.75) is 24.8 Å². The smallest absolute Gasteiger partial charge is 0.271 e. The van der Waals surface area contributed by atoms with E-state index in [1.54, 1.807) is 5.38 Å². The number of rotatable bonds is 5. The summed E-state index contributed by atoms with van der Waals surface area (Å²) in [4.78, 5) is 16.7. The number of hydrogen-bond acceptors (Lipinski definition) is 4. The third-order valence-corrected chi connectivity index (χ3v) is 4.77. The van der Waals surface area contributed by atoms with Gasteiger partial charge in [0.25, 0.3) is 5.91 Å². The molecule has 4 nitrogen and oxygen atoms in total. The second kappa shape index (κ2) is 6.96. The zero-order valence-corrected chi connectivity index (χ0v) is 14.2. The molecular formula is C15H17Cl2N3OS. The predicted octanol–water partition coefficient (Wildman–Crippen LogP) is 3.14. The molecule has 0 atom stereocenters. The molecule has 0 spiro atoms. The molecule has 1 aliphatic carbocycles. The van der Waals surface area contributed by atoms with Gasteiger partial charge in [-0.15, -0.1) is 23.7 Å². The Morgan fingerprint density at radius 1 is 1.45 bits per heavy atom. The van der Waals surface area contributed by atoms with E-state index >= 15 is 0 Å². The van der Waals surface area contributed by atoms with Gasteiger partial charge in [-0.1, -0.05) is 23.7 Å². The standard InChI is InChI=1S/C15H16ClN3OS.ClH/c16-11-3-1-2-10(8-11)15(5-6-15)19-14(20)12-9-21-13(18-12)4-7-17;/h1-3,8-9H,4-7,17H2,(H,19,20);1H. The number of thiazole rings is 1. The minimum atomic E-state index is -0.278. The number of amides is 1. The molecule has 1 fully saturated rings. The van der Waals surface area contributed by atoms with Crippen LogP contribution in [0.1, 0.15) is 33.9 Å². The Balaban J connectivity index is 0.00000176. The van der Waals surface area contributed by atoms with E-state index in [0.29, 0.717) is 23.7 Å². The summed E-state index contributed by atoms with van der Waals surface area (Å²) in [6.07, 6.45) is 2.56. The molecule has 3 N–H and O–H groups in total.